The lowest BCUT2D eigenvalue weighted by atomic mass is 10.1. The molecular weight excluding hydrogens is 120 g/mol. The smallest absolute Gasteiger partial charge is 0.00975 e. The average Bonchev–Trinajstić information content (AvgIpc) is 2.03. The van der Waals surface area contributed by atoms with Gasteiger partial charge in [0.15, 0.2) is 0 Å². The van der Waals surface area contributed by atoms with E-state index in [0.29, 0.717) is 0 Å². The largest absolute Gasteiger partial charge is 0.0810 e. The Morgan fingerprint density at radius 3 is 3.00 bits per heavy atom. The molecule has 0 aromatic rings. The van der Waals surface area contributed by atoms with E-state index in [1.54, 1.807) is 0 Å². The summed E-state index contributed by atoms with van der Waals surface area (Å²) >= 11 is 0. The van der Waals surface area contributed by atoms with Crippen LogP contribution in [-0.2, 0) is 0 Å². The van der Waals surface area contributed by atoms with Crippen LogP contribution in [0.2, 0.25) is 0 Å². The van der Waals surface area contributed by atoms with E-state index < -0.39 is 0 Å². The van der Waals surface area contributed by atoms with Gasteiger partial charge in [-0.1, -0.05) is 43.7 Å². The van der Waals surface area contributed by atoms with E-state index in [-0.39, 0.29) is 0 Å². The lowest BCUT2D eigenvalue weighted by molar-refractivity contribution is 0.947. The fourth-order valence-corrected chi connectivity index (χ4v) is 1.01. The Hall–Kier alpha value is -0.780. The SMILES string of the molecule is CCCC=C1C=CC=CC1. The minimum Gasteiger partial charge on any atom is -0.0810 e. The summed E-state index contributed by atoms with van der Waals surface area (Å²) in [5, 5.41) is 0. The molecule has 0 atom stereocenters. The van der Waals surface area contributed by atoms with Gasteiger partial charge < -0.3 is 0 Å². The Bertz CT molecular complexity index is 170. The van der Waals surface area contributed by atoms with Crippen LogP contribution in [0.15, 0.2) is 36.0 Å². The quantitative estimate of drug-likeness (QED) is 0.544. The summed E-state index contributed by atoms with van der Waals surface area (Å²) in [6, 6.07) is 0. The second-order valence-electron chi connectivity index (χ2n) is 2.56. The molecule has 0 heterocycles. The Morgan fingerprint density at radius 2 is 2.40 bits per heavy atom. The predicted molar refractivity (Wildman–Crippen MR) is 45.9 cm³/mol. The molecule has 0 radical (unpaired) electrons. The van der Waals surface area contributed by atoms with Crippen LogP contribution in [0.4, 0.5) is 0 Å². The Morgan fingerprint density at radius 1 is 1.50 bits per heavy atom. The summed E-state index contributed by atoms with van der Waals surface area (Å²) in [7, 11) is 0. The van der Waals surface area contributed by atoms with Crippen LogP contribution in [0.5, 0.6) is 0 Å². The highest BCUT2D eigenvalue weighted by Gasteiger charge is 1.90. The van der Waals surface area contributed by atoms with Crippen molar-refractivity contribution < 1.29 is 0 Å². The molecule has 10 heavy (non-hydrogen) atoms. The standard InChI is InChI=1S/C10H14/c1-2-3-7-10-8-5-4-6-9-10/h4-8H,2-3,9H2,1H3. The van der Waals surface area contributed by atoms with Gasteiger partial charge in [0, 0.05) is 0 Å². The van der Waals surface area contributed by atoms with Crippen molar-refractivity contribution >= 4 is 0 Å². The van der Waals surface area contributed by atoms with Gasteiger partial charge in [0.2, 0.25) is 0 Å². The first-order chi connectivity index (χ1) is 4.93. The maximum atomic E-state index is 2.32. The van der Waals surface area contributed by atoms with Crippen LogP contribution in [0, 0.1) is 0 Å². The Balaban J connectivity index is 2.42. The second kappa shape index (κ2) is 4.10. The molecule has 0 saturated carbocycles. The topological polar surface area (TPSA) is 0 Å². The maximum Gasteiger partial charge on any atom is -0.00975 e. The third-order valence-electron chi connectivity index (χ3n) is 1.61. The van der Waals surface area contributed by atoms with E-state index in [4.69, 9.17) is 0 Å². The van der Waals surface area contributed by atoms with Crippen molar-refractivity contribution in [1.29, 1.82) is 0 Å². The lowest BCUT2D eigenvalue weighted by Crippen LogP contribution is -1.79. The predicted octanol–water partition coefficient (Wildman–Crippen LogP) is 3.23. The maximum absolute atomic E-state index is 2.32. The fraction of sp³-hybridized carbons (Fsp3) is 0.400. The number of hydrogen-bond acceptors (Lipinski definition) is 0. The summed E-state index contributed by atoms with van der Waals surface area (Å²) in [4.78, 5) is 0. The normalized spacial score (nSPS) is 20.3. The summed E-state index contributed by atoms with van der Waals surface area (Å²) < 4.78 is 0. The minimum atomic E-state index is 1.12. The van der Waals surface area contributed by atoms with Crippen molar-refractivity contribution in [2.45, 2.75) is 26.2 Å². The van der Waals surface area contributed by atoms with Gasteiger partial charge in [-0.05, 0) is 18.4 Å². The second-order valence-corrected chi connectivity index (χ2v) is 2.56. The monoisotopic (exact) mass is 134 g/mol. The van der Waals surface area contributed by atoms with Gasteiger partial charge in [-0.2, -0.15) is 0 Å². The van der Waals surface area contributed by atoms with Crippen molar-refractivity contribution in [3.63, 3.8) is 0 Å². The molecule has 1 rings (SSSR count). The molecule has 0 bridgehead atoms. The molecule has 0 unspecified atom stereocenters. The molecule has 0 aromatic heterocycles. The Kier molecular flexibility index (Phi) is 3.01. The first kappa shape index (κ1) is 7.33. The third-order valence-corrected chi connectivity index (χ3v) is 1.61. The van der Waals surface area contributed by atoms with Crippen LogP contribution in [0.25, 0.3) is 0 Å². The molecule has 1 aliphatic rings. The van der Waals surface area contributed by atoms with Crippen LogP contribution in [-0.4, -0.2) is 0 Å². The average molecular weight is 134 g/mol. The van der Waals surface area contributed by atoms with Gasteiger partial charge in [-0.15, -0.1) is 0 Å². The third kappa shape index (κ3) is 2.22. The van der Waals surface area contributed by atoms with E-state index in [1.807, 2.05) is 0 Å². The fourth-order valence-electron chi connectivity index (χ4n) is 1.01. The molecule has 0 spiro atoms. The molecule has 54 valence electrons. The van der Waals surface area contributed by atoms with E-state index in [0.717, 1.165) is 6.42 Å². The molecule has 0 saturated heterocycles. The van der Waals surface area contributed by atoms with Gasteiger partial charge >= 0.3 is 0 Å². The van der Waals surface area contributed by atoms with E-state index in [2.05, 4.69) is 37.3 Å². The number of rotatable bonds is 2. The highest BCUT2D eigenvalue weighted by molar-refractivity contribution is 5.29. The van der Waals surface area contributed by atoms with Crippen LogP contribution in [0.3, 0.4) is 0 Å². The molecule has 0 amide bonds. The highest BCUT2D eigenvalue weighted by Crippen LogP contribution is 2.10. The summed E-state index contributed by atoms with van der Waals surface area (Å²) in [5.74, 6) is 0. The molecule has 0 aromatic carbocycles. The van der Waals surface area contributed by atoms with E-state index >= 15 is 0 Å². The van der Waals surface area contributed by atoms with Crippen molar-refractivity contribution in [2.24, 2.45) is 0 Å². The molecule has 0 heteroatoms. The number of hydrogen-bond donors (Lipinski definition) is 0. The molecule has 0 N–H and O–H groups in total. The van der Waals surface area contributed by atoms with Gasteiger partial charge in [0.25, 0.3) is 0 Å². The first-order valence-corrected chi connectivity index (χ1v) is 3.95. The molecule has 1 aliphatic carbocycles. The minimum absolute atomic E-state index is 1.12. The van der Waals surface area contributed by atoms with E-state index in [1.165, 1.54) is 18.4 Å². The van der Waals surface area contributed by atoms with E-state index in [9.17, 15) is 0 Å². The van der Waals surface area contributed by atoms with Gasteiger partial charge in [0.1, 0.15) is 0 Å². The summed E-state index contributed by atoms with van der Waals surface area (Å²) in [6.07, 6.45) is 14.5. The van der Waals surface area contributed by atoms with Crippen molar-refractivity contribution in [3.05, 3.63) is 36.0 Å². The van der Waals surface area contributed by atoms with Gasteiger partial charge in [-0.3, -0.25) is 0 Å². The zero-order chi connectivity index (χ0) is 7.23. The zero-order valence-corrected chi connectivity index (χ0v) is 6.51. The highest BCUT2D eigenvalue weighted by atomic mass is 14.0. The lowest BCUT2D eigenvalue weighted by Gasteiger charge is -2.00. The zero-order valence-electron chi connectivity index (χ0n) is 6.51. The summed E-state index contributed by atoms with van der Waals surface area (Å²) in [5.41, 5.74) is 1.46. The first-order valence-electron chi connectivity index (χ1n) is 3.95. The number of allylic oxidation sites excluding steroid dienone is 6. The molecule has 0 nitrogen and oxygen atoms in total. The van der Waals surface area contributed by atoms with Crippen LogP contribution in [0.1, 0.15) is 26.2 Å². The molecule has 0 fully saturated rings. The van der Waals surface area contributed by atoms with Crippen LogP contribution < -0.4 is 0 Å². The molecular formula is C10H14. The summed E-state index contributed by atoms with van der Waals surface area (Å²) in [6.45, 7) is 2.21. The van der Waals surface area contributed by atoms with Gasteiger partial charge in [0.05, 0.1) is 0 Å². The van der Waals surface area contributed by atoms with Crippen LogP contribution >= 0.6 is 0 Å². The number of unbranched alkanes of at least 4 members (excludes halogenated alkanes) is 1. The van der Waals surface area contributed by atoms with Crippen molar-refractivity contribution in [2.75, 3.05) is 0 Å². The van der Waals surface area contributed by atoms with Gasteiger partial charge in [-0.25, -0.2) is 0 Å². The van der Waals surface area contributed by atoms with Crippen molar-refractivity contribution in [1.82, 2.24) is 0 Å². The molecule has 0 aliphatic heterocycles. The van der Waals surface area contributed by atoms with Crippen molar-refractivity contribution in [3.8, 4) is 0 Å². The Labute approximate surface area is 62.9 Å².